The third-order valence-electron chi connectivity index (χ3n) is 6.59. The zero-order valence-electron chi connectivity index (χ0n) is 21.5. The van der Waals surface area contributed by atoms with Crippen LogP contribution in [-0.4, -0.2) is 58.3 Å². The molecular formula is C30H29Cl2IN2O5. The molecule has 0 aliphatic heterocycles. The molecule has 40 heavy (non-hydrogen) atoms. The number of hydrogen-bond donors (Lipinski definition) is 3. The van der Waals surface area contributed by atoms with Crippen LogP contribution in [-0.2, 0) is 22.6 Å². The average Bonchev–Trinajstić information content (AvgIpc) is 2.94. The van der Waals surface area contributed by atoms with Crippen LogP contribution in [0.3, 0.4) is 0 Å². The van der Waals surface area contributed by atoms with Gasteiger partial charge in [-0.1, -0.05) is 71.7 Å². The normalized spacial score (nSPS) is 18.5. The molecule has 0 bridgehead atoms. The third kappa shape index (κ3) is 7.76. The number of aliphatic hydroxyl groups is 2. The van der Waals surface area contributed by atoms with Crippen molar-refractivity contribution >= 4 is 57.6 Å². The quantitative estimate of drug-likeness (QED) is 0.266. The van der Waals surface area contributed by atoms with E-state index in [1.807, 2.05) is 48.5 Å². The fraction of sp³-hybridized carbons (Fsp3) is 0.267. The molecular weight excluding hydrogens is 666 g/mol. The van der Waals surface area contributed by atoms with Gasteiger partial charge >= 0.3 is 0 Å². The highest BCUT2D eigenvalue weighted by atomic mass is 127. The highest BCUT2D eigenvalue weighted by Gasteiger charge is 2.40. The van der Waals surface area contributed by atoms with E-state index >= 15 is 0 Å². The summed E-state index contributed by atoms with van der Waals surface area (Å²) in [4.78, 5) is 28.5. The number of nitrogens with zero attached hydrogens (tertiary/aromatic N) is 1. The molecule has 0 aromatic heterocycles. The molecule has 3 atom stereocenters. The lowest BCUT2D eigenvalue weighted by Gasteiger charge is -2.41. The average molecular weight is 695 g/mol. The Kier molecular flexibility index (Phi) is 10.9. The molecule has 3 aromatic carbocycles. The minimum Gasteiger partial charge on any atom is -0.482 e. The van der Waals surface area contributed by atoms with Gasteiger partial charge in [-0.15, -0.1) is 0 Å². The number of carbonyl (C=O) groups is 2. The Morgan fingerprint density at radius 1 is 1.05 bits per heavy atom. The first-order valence-corrected chi connectivity index (χ1v) is 14.6. The summed E-state index contributed by atoms with van der Waals surface area (Å²) in [6.07, 6.45) is -0.316. The molecule has 4 rings (SSSR count). The molecule has 2 amide bonds. The molecule has 0 fully saturated rings. The van der Waals surface area contributed by atoms with Gasteiger partial charge in [0.15, 0.2) is 0 Å². The maximum atomic E-state index is 13.9. The van der Waals surface area contributed by atoms with Crippen molar-refractivity contribution in [3.8, 4) is 5.75 Å². The molecule has 0 radical (unpaired) electrons. The number of para-hydroxylation sites is 1. The van der Waals surface area contributed by atoms with Gasteiger partial charge in [0.1, 0.15) is 18.0 Å². The summed E-state index contributed by atoms with van der Waals surface area (Å²) >= 11 is 14.7. The van der Waals surface area contributed by atoms with Crippen molar-refractivity contribution in [2.75, 3.05) is 13.2 Å². The molecule has 1 aliphatic carbocycles. The Balaban J connectivity index is 1.72. The molecule has 0 heterocycles. The summed E-state index contributed by atoms with van der Waals surface area (Å²) in [5.74, 6) is -0.101. The second-order valence-corrected chi connectivity index (χ2v) is 11.4. The van der Waals surface area contributed by atoms with Crippen molar-refractivity contribution in [1.82, 2.24) is 10.2 Å². The Labute approximate surface area is 256 Å². The number of benzene rings is 3. The summed E-state index contributed by atoms with van der Waals surface area (Å²) in [6.45, 7) is -0.0585. The van der Waals surface area contributed by atoms with Gasteiger partial charge < -0.3 is 25.2 Å². The zero-order chi connectivity index (χ0) is 28.6. The van der Waals surface area contributed by atoms with Gasteiger partial charge in [-0.3, -0.25) is 9.59 Å². The van der Waals surface area contributed by atoms with Crippen molar-refractivity contribution < 1.29 is 24.5 Å². The van der Waals surface area contributed by atoms with Crippen molar-refractivity contribution in [3.05, 3.63) is 109 Å². The third-order valence-corrected chi connectivity index (χ3v) is 8.07. The van der Waals surface area contributed by atoms with E-state index in [1.165, 1.54) is 0 Å². The van der Waals surface area contributed by atoms with Gasteiger partial charge in [-0.2, -0.15) is 0 Å². The molecule has 210 valence electrons. The smallest absolute Gasteiger partial charge is 0.247 e. The lowest BCUT2D eigenvalue weighted by atomic mass is 9.87. The van der Waals surface area contributed by atoms with E-state index in [-0.39, 0.29) is 38.4 Å². The van der Waals surface area contributed by atoms with E-state index in [1.54, 1.807) is 35.2 Å². The van der Waals surface area contributed by atoms with Crippen LogP contribution in [0.2, 0.25) is 10.0 Å². The van der Waals surface area contributed by atoms with Crippen LogP contribution in [0.15, 0.2) is 84.4 Å². The maximum absolute atomic E-state index is 13.9. The summed E-state index contributed by atoms with van der Waals surface area (Å²) in [7, 11) is 0. The van der Waals surface area contributed by atoms with Crippen molar-refractivity contribution in [2.45, 2.75) is 37.6 Å². The van der Waals surface area contributed by atoms with Crippen LogP contribution in [0.4, 0.5) is 0 Å². The molecule has 3 N–H and O–H groups in total. The van der Waals surface area contributed by atoms with Crippen LogP contribution >= 0.6 is 45.8 Å². The Morgan fingerprint density at radius 3 is 2.48 bits per heavy atom. The van der Waals surface area contributed by atoms with Gasteiger partial charge in [0.25, 0.3) is 0 Å². The fourth-order valence-electron chi connectivity index (χ4n) is 4.56. The number of ether oxygens (including phenoxy) is 1. The lowest BCUT2D eigenvalue weighted by molar-refractivity contribution is -0.138. The summed E-state index contributed by atoms with van der Waals surface area (Å²) in [5.41, 5.74) is 1.81. The molecule has 3 unspecified atom stereocenters. The van der Waals surface area contributed by atoms with Gasteiger partial charge in [0.2, 0.25) is 11.8 Å². The van der Waals surface area contributed by atoms with Gasteiger partial charge in [-0.25, -0.2) is 0 Å². The molecule has 0 saturated carbocycles. The van der Waals surface area contributed by atoms with E-state index in [9.17, 15) is 19.8 Å². The molecule has 3 aromatic rings. The predicted octanol–water partition coefficient (Wildman–Crippen LogP) is 4.79. The lowest BCUT2D eigenvalue weighted by Crippen LogP contribution is -2.55. The SMILES string of the molecule is O=C(NCCO)C1=CC(Oc2ccccc2I)C(O)C(N(Cc2ccc(Cl)cc2Cl)C(=O)Cc2ccccc2)C1. The zero-order valence-corrected chi connectivity index (χ0v) is 25.1. The minimum absolute atomic E-state index is 0.0720. The van der Waals surface area contributed by atoms with Crippen molar-refractivity contribution in [1.29, 1.82) is 0 Å². The first-order chi connectivity index (χ1) is 19.3. The van der Waals surface area contributed by atoms with Gasteiger partial charge in [-0.05, 0) is 64.1 Å². The molecule has 0 saturated heterocycles. The Hall–Kier alpha value is -2.63. The first kappa shape index (κ1) is 30.3. The number of carbonyl (C=O) groups excluding carboxylic acids is 2. The number of aliphatic hydroxyl groups excluding tert-OH is 2. The second-order valence-electron chi connectivity index (χ2n) is 9.37. The summed E-state index contributed by atoms with van der Waals surface area (Å²) < 4.78 is 7.04. The highest BCUT2D eigenvalue weighted by molar-refractivity contribution is 14.1. The van der Waals surface area contributed by atoms with E-state index in [4.69, 9.17) is 27.9 Å². The van der Waals surface area contributed by atoms with Crippen LogP contribution < -0.4 is 10.1 Å². The van der Waals surface area contributed by atoms with Crippen molar-refractivity contribution in [3.63, 3.8) is 0 Å². The molecule has 7 nitrogen and oxygen atoms in total. The van der Waals surface area contributed by atoms with E-state index in [2.05, 4.69) is 27.9 Å². The topological polar surface area (TPSA) is 99.1 Å². The predicted molar refractivity (Wildman–Crippen MR) is 163 cm³/mol. The van der Waals surface area contributed by atoms with Gasteiger partial charge in [0, 0.05) is 35.1 Å². The number of nitrogens with one attached hydrogen (secondary N) is 1. The van der Waals surface area contributed by atoms with Crippen LogP contribution in [0.1, 0.15) is 17.5 Å². The number of halogens is 3. The maximum Gasteiger partial charge on any atom is 0.247 e. The second kappa shape index (κ2) is 14.3. The van der Waals surface area contributed by atoms with Crippen molar-refractivity contribution in [2.24, 2.45) is 0 Å². The first-order valence-electron chi connectivity index (χ1n) is 12.7. The number of rotatable bonds is 10. The fourth-order valence-corrected chi connectivity index (χ4v) is 5.55. The van der Waals surface area contributed by atoms with E-state index in [0.717, 1.165) is 9.13 Å². The molecule has 0 spiro atoms. The standard InChI is InChI=1S/C30H29Cl2IN2O5/c31-22-11-10-20(23(32)17-22)18-35(28(37)14-19-6-2-1-3-7-19)25-15-21(30(39)34-12-13-36)16-27(29(25)38)40-26-9-5-4-8-24(26)33/h1-11,16-17,25,27,29,36,38H,12-15,18H2,(H,34,39). The Morgan fingerprint density at radius 2 is 1.77 bits per heavy atom. The number of amides is 2. The number of hydrogen-bond acceptors (Lipinski definition) is 5. The minimum atomic E-state index is -1.16. The van der Waals surface area contributed by atoms with E-state index < -0.39 is 24.2 Å². The monoisotopic (exact) mass is 694 g/mol. The van der Waals surface area contributed by atoms with Gasteiger partial charge in [0.05, 0.1) is 22.6 Å². The molecule has 10 heteroatoms. The van der Waals surface area contributed by atoms with Crippen LogP contribution in [0.25, 0.3) is 0 Å². The highest BCUT2D eigenvalue weighted by Crippen LogP contribution is 2.32. The summed E-state index contributed by atoms with van der Waals surface area (Å²) in [5, 5.41) is 24.4. The molecule has 1 aliphatic rings. The Bertz CT molecular complexity index is 1370. The van der Waals surface area contributed by atoms with Crippen LogP contribution in [0, 0.1) is 3.57 Å². The van der Waals surface area contributed by atoms with E-state index in [0.29, 0.717) is 26.9 Å². The summed E-state index contributed by atoms with van der Waals surface area (Å²) in [6, 6.07) is 20.9. The van der Waals surface area contributed by atoms with Crippen LogP contribution in [0.5, 0.6) is 5.75 Å². The largest absolute Gasteiger partial charge is 0.482 e.